The lowest BCUT2D eigenvalue weighted by molar-refractivity contribution is 0.0701. The fourth-order valence-corrected chi connectivity index (χ4v) is 3.51. The maximum absolute atomic E-state index is 11.4. The zero-order chi connectivity index (χ0) is 18.1. The van der Waals surface area contributed by atoms with Crippen molar-refractivity contribution in [3.8, 4) is 0 Å². The second kappa shape index (κ2) is 6.75. The first-order valence-electron chi connectivity index (χ1n) is 7.89. The number of hydrogen-bond acceptors (Lipinski definition) is 8. The molecule has 0 aliphatic heterocycles. The van der Waals surface area contributed by atoms with Crippen LogP contribution in [0, 0.1) is 6.92 Å². The van der Waals surface area contributed by atoms with Crippen LogP contribution in [0.1, 0.15) is 46.7 Å². The van der Waals surface area contributed by atoms with Crippen molar-refractivity contribution in [1.29, 1.82) is 0 Å². The maximum Gasteiger partial charge on any atom is 0.346 e. The minimum absolute atomic E-state index is 0.198. The van der Waals surface area contributed by atoms with Gasteiger partial charge in [0.15, 0.2) is 5.82 Å². The van der Waals surface area contributed by atoms with Crippen molar-refractivity contribution in [2.75, 3.05) is 18.5 Å². The van der Waals surface area contributed by atoms with Gasteiger partial charge in [0.05, 0.1) is 5.39 Å². The number of hydrogen-bond donors (Lipinski definition) is 1. The molecule has 3 aromatic heterocycles. The van der Waals surface area contributed by atoms with Crippen molar-refractivity contribution in [3.63, 3.8) is 0 Å². The van der Waals surface area contributed by atoms with Crippen LogP contribution in [0.3, 0.4) is 0 Å². The number of anilines is 1. The van der Waals surface area contributed by atoms with Crippen LogP contribution in [-0.2, 0) is 6.42 Å². The predicted molar refractivity (Wildman–Crippen MR) is 94.5 cm³/mol. The molecule has 0 aliphatic rings. The van der Waals surface area contributed by atoms with Gasteiger partial charge in [0.2, 0.25) is 5.89 Å². The molecule has 1 N–H and O–H groups in total. The van der Waals surface area contributed by atoms with E-state index in [1.165, 1.54) is 17.7 Å². The summed E-state index contributed by atoms with van der Waals surface area (Å²) in [5.41, 5.74) is 0.691. The van der Waals surface area contributed by atoms with E-state index in [1.807, 2.05) is 25.8 Å². The average Bonchev–Trinajstić information content (AvgIpc) is 3.17. The van der Waals surface area contributed by atoms with Gasteiger partial charge >= 0.3 is 5.97 Å². The van der Waals surface area contributed by atoms with Gasteiger partial charge in [-0.1, -0.05) is 19.0 Å². The number of thiophene rings is 1. The lowest BCUT2D eigenvalue weighted by Crippen LogP contribution is -2.22. The van der Waals surface area contributed by atoms with Crippen LogP contribution < -0.4 is 4.90 Å². The number of aryl methyl sites for hydroxylation is 1. The summed E-state index contributed by atoms with van der Waals surface area (Å²) in [6.45, 7) is 6.42. The second-order valence-electron chi connectivity index (χ2n) is 6.11. The molecule has 0 atom stereocenters. The fourth-order valence-electron chi connectivity index (χ4n) is 2.52. The first kappa shape index (κ1) is 17.3. The number of carbonyl (C=O) groups is 1. The van der Waals surface area contributed by atoms with Crippen LogP contribution >= 0.6 is 11.3 Å². The standard InChI is InChI=1S/C16H19N5O3S/c1-8(2)14-19-10(20-24-14)5-6-21(4)13-11-9(3)12(16(22)23)25-15(11)18-7-17-13/h7-8H,5-6H2,1-4H3,(H,22,23). The molecule has 0 fully saturated rings. The molecule has 0 aliphatic carbocycles. The Morgan fingerprint density at radius 3 is 2.80 bits per heavy atom. The molecule has 8 nitrogen and oxygen atoms in total. The van der Waals surface area contributed by atoms with E-state index in [-0.39, 0.29) is 5.92 Å². The maximum atomic E-state index is 11.4. The Bertz CT molecular complexity index is 918. The molecule has 0 unspecified atom stereocenters. The summed E-state index contributed by atoms with van der Waals surface area (Å²) in [6.07, 6.45) is 2.06. The largest absolute Gasteiger partial charge is 0.477 e. The van der Waals surface area contributed by atoms with E-state index < -0.39 is 5.97 Å². The van der Waals surface area contributed by atoms with Crippen LogP contribution in [-0.4, -0.2) is 44.8 Å². The highest BCUT2D eigenvalue weighted by atomic mass is 32.1. The lowest BCUT2D eigenvalue weighted by atomic mass is 10.2. The molecule has 0 bridgehead atoms. The molecule has 9 heteroatoms. The number of likely N-dealkylation sites (N-methyl/N-ethyl adjacent to an activating group) is 1. The topological polar surface area (TPSA) is 105 Å². The van der Waals surface area contributed by atoms with Crippen LogP contribution in [0.4, 0.5) is 5.82 Å². The van der Waals surface area contributed by atoms with E-state index >= 15 is 0 Å². The monoisotopic (exact) mass is 361 g/mol. The summed E-state index contributed by atoms with van der Waals surface area (Å²) in [5.74, 6) is 1.24. The first-order chi connectivity index (χ1) is 11.9. The number of aromatic nitrogens is 4. The number of carboxylic acid groups (broad SMARTS) is 1. The van der Waals surface area contributed by atoms with E-state index in [0.717, 1.165) is 5.39 Å². The third-order valence-electron chi connectivity index (χ3n) is 3.91. The van der Waals surface area contributed by atoms with Crippen LogP contribution in [0.5, 0.6) is 0 Å². The summed E-state index contributed by atoms with van der Waals surface area (Å²) in [6, 6.07) is 0. The number of carboxylic acids is 1. The molecule has 3 heterocycles. The van der Waals surface area contributed by atoms with Crippen molar-refractivity contribution in [2.45, 2.75) is 33.1 Å². The molecule has 132 valence electrons. The van der Waals surface area contributed by atoms with Gasteiger partial charge in [-0.15, -0.1) is 11.3 Å². The summed E-state index contributed by atoms with van der Waals surface area (Å²) >= 11 is 1.17. The fraction of sp³-hybridized carbons (Fsp3) is 0.438. The Hall–Kier alpha value is -2.55. The SMILES string of the molecule is Cc1c(C(=O)O)sc2ncnc(N(C)CCc3noc(C(C)C)n3)c12. The van der Waals surface area contributed by atoms with Crippen molar-refractivity contribution in [3.05, 3.63) is 28.5 Å². The van der Waals surface area contributed by atoms with Crippen molar-refractivity contribution in [1.82, 2.24) is 20.1 Å². The van der Waals surface area contributed by atoms with Gasteiger partial charge in [-0.05, 0) is 12.5 Å². The molecular formula is C16H19N5O3S. The smallest absolute Gasteiger partial charge is 0.346 e. The number of fused-ring (bicyclic) bond motifs is 1. The zero-order valence-corrected chi connectivity index (χ0v) is 15.3. The average molecular weight is 361 g/mol. The molecule has 0 amide bonds. The summed E-state index contributed by atoms with van der Waals surface area (Å²) in [5, 5.41) is 14.1. The molecule has 3 rings (SSSR count). The van der Waals surface area contributed by atoms with E-state index in [4.69, 9.17) is 4.52 Å². The van der Waals surface area contributed by atoms with Gasteiger partial charge in [0.25, 0.3) is 0 Å². The van der Waals surface area contributed by atoms with E-state index in [1.54, 1.807) is 6.92 Å². The molecule has 0 saturated heterocycles. The molecular weight excluding hydrogens is 342 g/mol. The minimum atomic E-state index is -0.942. The van der Waals surface area contributed by atoms with Crippen molar-refractivity contribution in [2.24, 2.45) is 0 Å². The summed E-state index contributed by atoms with van der Waals surface area (Å²) in [4.78, 5) is 27.2. The van der Waals surface area contributed by atoms with Crippen LogP contribution in [0.15, 0.2) is 10.9 Å². The molecule has 0 spiro atoms. The Morgan fingerprint density at radius 2 is 2.16 bits per heavy atom. The van der Waals surface area contributed by atoms with Gasteiger partial charge in [0.1, 0.15) is 21.9 Å². The van der Waals surface area contributed by atoms with Crippen LogP contribution in [0.25, 0.3) is 10.2 Å². The molecule has 0 saturated carbocycles. The Kier molecular flexibility index (Phi) is 4.67. The van der Waals surface area contributed by atoms with Crippen molar-refractivity contribution >= 4 is 33.3 Å². The lowest BCUT2D eigenvalue weighted by Gasteiger charge is -2.18. The number of rotatable bonds is 6. The van der Waals surface area contributed by atoms with Gasteiger partial charge in [-0.25, -0.2) is 14.8 Å². The minimum Gasteiger partial charge on any atom is -0.477 e. The quantitative estimate of drug-likeness (QED) is 0.714. The Labute approximate surface area is 148 Å². The Morgan fingerprint density at radius 1 is 1.40 bits per heavy atom. The van der Waals surface area contributed by atoms with Gasteiger partial charge in [-0.2, -0.15) is 4.98 Å². The first-order valence-corrected chi connectivity index (χ1v) is 8.71. The van der Waals surface area contributed by atoms with E-state index in [9.17, 15) is 9.90 Å². The molecule has 25 heavy (non-hydrogen) atoms. The predicted octanol–water partition coefficient (Wildman–Crippen LogP) is 2.88. The number of nitrogens with zero attached hydrogens (tertiary/aromatic N) is 5. The van der Waals surface area contributed by atoms with E-state index in [0.29, 0.717) is 45.8 Å². The summed E-state index contributed by atoms with van der Waals surface area (Å²) in [7, 11) is 1.91. The van der Waals surface area contributed by atoms with Gasteiger partial charge in [0, 0.05) is 25.9 Å². The molecule has 0 aromatic carbocycles. The highest BCUT2D eigenvalue weighted by molar-refractivity contribution is 7.20. The highest BCUT2D eigenvalue weighted by Gasteiger charge is 2.20. The van der Waals surface area contributed by atoms with Gasteiger partial charge in [-0.3, -0.25) is 0 Å². The Balaban J connectivity index is 1.84. The highest BCUT2D eigenvalue weighted by Crippen LogP contribution is 2.34. The van der Waals surface area contributed by atoms with Crippen molar-refractivity contribution < 1.29 is 14.4 Å². The van der Waals surface area contributed by atoms with Crippen LogP contribution in [0.2, 0.25) is 0 Å². The number of aromatic carboxylic acids is 1. The third-order valence-corrected chi connectivity index (χ3v) is 5.10. The molecule has 3 aromatic rings. The van der Waals surface area contributed by atoms with Gasteiger partial charge < -0.3 is 14.5 Å². The third kappa shape index (κ3) is 3.32. The second-order valence-corrected chi connectivity index (χ2v) is 7.11. The zero-order valence-electron chi connectivity index (χ0n) is 14.5. The normalized spacial score (nSPS) is 11.4. The van der Waals surface area contributed by atoms with E-state index in [2.05, 4.69) is 20.1 Å². The summed E-state index contributed by atoms with van der Waals surface area (Å²) < 4.78 is 5.21. The molecule has 0 radical (unpaired) electrons.